The van der Waals surface area contributed by atoms with E-state index in [9.17, 15) is 30.3 Å². The van der Waals surface area contributed by atoms with Crippen molar-refractivity contribution in [2.24, 2.45) is 0 Å². The van der Waals surface area contributed by atoms with Gasteiger partial charge in [-0.25, -0.2) is 0 Å². The van der Waals surface area contributed by atoms with Crippen molar-refractivity contribution in [3.8, 4) is 0 Å². The van der Waals surface area contributed by atoms with Crippen molar-refractivity contribution in [2.45, 2.75) is 262 Å². The lowest BCUT2D eigenvalue weighted by Crippen LogP contribution is -2.60. The minimum atomic E-state index is -1.56. The molecule has 6 N–H and O–H groups in total. The van der Waals surface area contributed by atoms with E-state index in [1.54, 1.807) is 6.08 Å². The number of allylic oxidation sites excluding steroid dienone is 3. The van der Waals surface area contributed by atoms with Gasteiger partial charge in [-0.05, 0) is 44.9 Å². The number of amides is 1. The van der Waals surface area contributed by atoms with Gasteiger partial charge in [0.15, 0.2) is 6.29 Å². The van der Waals surface area contributed by atoms with Gasteiger partial charge in [-0.2, -0.15) is 0 Å². The van der Waals surface area contributed by atoms with Crippen LogP contribution in [0.2, 0.25) is 0 Å². The topological polar surface area (TPSA) is 149 Å². The van der Waals surface area contributed by atoms with Gasteiger partial charge in [0.1, 0.15) is 24.4 Å². The number of hydrogen-bond donors (Lipinski definition) is 6. The number of rotatable bonds is 40. The molecule has 0 aliphatic carbocycles. The van der Waals surface area contributed by atoms with Gasteiger partial charge in [-0.3, -0.25) is 4.79 Å². The van der Waals surface area contributed by atoms with E-state index in [1.807, 2.05) is 6.08 Å². The minimum Gasteiger partial charge on any atom is -0.394 e. The Bertz CT molecular complexity index is 945. The second-order valence-corrected chi connectivity index (χ2v) is 16.9. The first-order valence-electron chi connectivity index (χ1n) is 24.1. The van der Waals surface area contributed by atoms with Gasteiger partial charge in [0, 0.05) is 6.42 Å². The highest BCUT2D eigenvalue weighted by Gasteiger charge is 2.44. The molecule has 1 rings (SSSR count). The van der Waals surface area contributed by atoms with Gasteiger partial charge in [-0.1, -0.05) is 192 Å². The van der Waals surface area contributed by atoms with Crippen LogP contribution in [0.15, 0.2) is 24.3 Å². The van der Waals surface area contributed by atoms with E-state index in [4.69, 9.17) is 9.47 Å². The van der Waals surface area contributed by atoms with Crippen LogP contribution in [0.4, 0.5) is 0 Å². The summed E-state index contributed by atoms with van der Waals surface area (Å²) in [6, 6.07) is -0.801. The fraction of sp³-hybridized carbons (Fsp3) is 0.896. The van der Waals surface area contributed by atoms with Gasteiger partial charge >= 0.3 is 0 Å². The second-order valence-electron chi connectivity index (χ2n) is 16.9. The monoisotopic (exact) mass is 810 g/mol. The molecule has 1 saturated heterocycles. The maximum atomic E-state index is 13.0. The zero-order valence-corrected chi connectivity index (χ0v) is 36.9. The molecule has 57 heavy (non-hydrogen) atoms. The van der Waals surface area contributed by atoms with E-state index >= 15 is 0 Å². The number of aliphatic hydroxyl groups excluding tert-OH is 5. The zero-order chi connectivity index (χ0) is 41.6. The molecule has 0 spiro atoms. The highest BCUT2D eigenvalue weighted by atomic mass is 16.7. The Labute approximate surface area is 349 Å². The largest absolute Gasteiger partial charge is 0.394 e. The lowest BCUT2D eigenvalue weighted by molar-refractivity contribution is -0.302. The number of nitrogens with one attached hydrogen (secondary N) is 1. The molecule has 0 radical (unpaired) electrons. The smallest absolute Gasteiger partial charge is 0.220 e. The Morgan fingerprint density at radius 2 is 0.982 bits per heavy atom. The molecule has 0 aromatic heterocycles. The number of carbonyl (C=O) groups excluding carboxylic acids is 1. The average molecular weight is 810 g/mol. The molecule has 0 aromatic carbocycles. The van der Waals surface area contributed by atoms with E-state index in [-0.39, 0.29) is 12.5 Å². The first-order valence-corrected chi connectivity index (χ1v) is 24.1. The Balaban J connectivity index is 2.29. The lowest BCUT2D eigenvalue weighted by atomic mass is 9.99. The van der Waals surface area contributed by atoms with Crippen LogP contribution in [-0.4, -0.2) is 87.5 Å². The van der Waals surface area contributed by atoms with Crippen LogP contribution in [0, 0.1) is 0 Å². The number of aliphatic hydroxyl groups is 5. The van der Waals surface area contributed by atoms with Crippen LogP contribution in [0.1, 0.15) is 219 Å². The molecular formula is C48H91NO8. The van der Waals surface area contributed by atoms with Crippen LogP contribution in [0.25, 0.3) is 0 Å². The van der Waals surface area contributed by atoms with Gasteiger partial charge in [-0.15, -0.1) is 0 Å². The zero-order valence-electron chi connectivity index (χ0n) is 36.9. The quantitative estimate of drug-likeness (QED) is 0.0265. The molecule has 0 aromatic rings. The third kappa shape index (κ3) is 29.5. The summed E-state index contributed by atoms with van der Waals surface area (Å²) < 4.78 is 11.2. The predicted octanol–water partition coefficient (Wildman–Crippen LogP) is 10.3. The summed E-state index contributed by atoms with van der Waals surface area (Å²) in [5, 5.41) is 54.2. The number of hydrogen-bond acceptors (Lipinski definition) is 8. The van der Waals surface area contributed by atoms with Crippen molar-refractivity contribution in [2.75, 3.05) is 13.2 Å². The Hall–Kier alpha value is -1.33. The normalized spacial score (nSPS) is 21.1. The molecule has 1 amide bonds. The van der Waals surface area contributed by atoms with Crippen LogP contribution in [0.5, 0.6) is 0 Å². The summed E-state index contributed by atoms with van der Waals surface area (Å²) in [5.74, 6) is -0.177. The molecule has 336 valence electrons. The highest BCUT2D eigenvalue weighted by molar-refractivity contribution is 5.76. The highest BCUT2D eigenvalue weighted by Crippen LogP contribution is 2.23. The summed E-state index contributed by atoms with van der Waals surface area (Å²) in [5.41, 5.74) is 0. The van der Waals surface area contributed by atoms with Crippen molar-refractivity contribution in [1.29, 1.82) is 0 Å². The molecule has 0 saturated carbocycles. The number of unbranched alkanes of at least 4 members (excludes halogenated alkanes) is 28. The van der Waals surface area contributed by atoms with E-state index in [2.05, 4.69) is 31.3 Å². The number of carbonyl (C=O) groups is 1. The molecule has 9 nitrogen and oxygen atoms in total. The molecule has 2 unspecified atom stereocenters. The van der Waals surface area contributed by atoms with Gasteiger partial charge in [0.2, 0.25) is 5.91 Å². The van der Waals surface area contributed by atoms with Crippen LogP contribution >= 0.6 is 0 Å². The Morgan fingerprint density at radius 1 is 0.579 bits per heavy atom. The Morgan fingerprint density at radius 3 is 1.42 bits per heavy atom. The third-order valence-electron chi connectivity index (χ3n) is 11.5. The number of ether oxygens (including phenoxy) is 2. The summed E-state index contributed by atoms with van der Waals surface area (Å²) in [6.07, 6.45) is 39.3. The minimum absolute atomic E-state index is 0.177. The van der Waals surface area contributed by atoms with E-state index < -0.39 is 49.5 Å². The first kappa shape index (κ1) is 53.7. The maximum Gasteiger partial charge on any atom is 0.220 e. The standard InChI is InChI=1S/C48H91NO8/c1-3-5-7-9-11-13-15-17-18-19-20-21-22-23-24-26-28-30-32-34-36-38-44(52)49-41(40-56-48-47(55)46(54)45(53)43(39-50)57-48)42(51)37-35-33-31-29-27-25-16-14-12-10-8-6-4-2/h17-18,35,37,41-43,45-48,50-51,53-55H,3-16,19-34,36,38-40H2,1-2H3,(H,49,52)/b18-17-,37-35+/t41-,42+,43+,45-,46?,47?,48-/m0/s1. The molecule has 1 heterocycles. The van der Waals surface area contributed by atoms with E-state index in [0.717, 1.165) is 38.5 Å². The fourth-order valence-corrected chi connectivity index (χ4v) is 7.62. The molecule has 1 fully saturated rings. The van der Waals surface area contributed by atoms with Crippen molar-refractivity contribution >= 4 is 5.91 Å². The Kier molecular flexibility index (Phi) is 36.6. The van der Waals surface area contributed by atoms with Crippen LogP contribution in [-0.2, 0) is 14.3 Å². The van der Waals surface area contributed by atoms with Crippen molar-refractivity contribution in [1.82, 2.24) is 5.32 Å². The summed E-state index contributed by atoms with van der Waals surface area (Å²) in [4.78, 5) is 13.0. The summed E-state index contributed by atoms with van der Waals surface area (Å²) in [7, 11) is 0. The molecular weight excluding hydrogens is 719 g/mol. The fourth-order valence-electron chi connectivity index (χ4n) is 7.62. The molecule has 9 heteroatoms. The summed E-state index contributed by atoms with van der Waals surface area (Å²) >= 11 is 0. The predicted molar refractivity (Wildman–Crippen MR) is 235 cm³/mol. The van der Waals surface area contributed by atoms with Crippen LogP contribution < -0.4 is 5.32 Å². The second kappa shape index (κ2) is 38.8. The maximum absolute atomic E-state index is 13.0. The lowest BCUT2D eigenvalue weighted by Gasteiger charge is -2.40. The third-order valence-corrected chi connectivity index (χ3v) is 11.5. The van der Waals surface area contributed by atoms with E-state index in [1.165, 1.54) is 161 Å². The molecule has 1 aliphatic heterocycles. The van der Waals surface area contributed by atoms with E-state index in [0.29, 0.717) is 6.42 Å². The van der Waals surface area contributed by atoms with Crippen molar-refractivity contribution in [3.05, 3.63) is 24.3 Å². The van der Waals surface area contributed by atoms with Gasteiger partial charge in [0.25, 0.3) is 0 Å². The summed E-state index contributed by atoms with van der Waals surface area (Å²) in [6.45, 7) is 3.77. The van der Waals surface area contributed by atoms with Crippen molar-refractivity contribution < 1.29 is 39.8 Å². The van der Waals surface area contributed by atoms with Crippen LogP contribution in [0.3, 0.4) is 0 Å². The first-order chi connectivity index (χ1) is 27.8. The van der Waals surface area contributed by atoms with Gasteiger partial charge < -0.3 is 40.3 Å². The SMILES string of the molecule is CCCCCCCC/C=C\CCCCCCCCCCCCCC(=O)N[C@@H](CO[C@H]1O[C@H](CO)[C@H](O)C(O)C1O)[C@H](O)/C=C/CCCCCCCCCCCCC. The van der Waals surface area contributed by atoms with Gasteiger partial charge in [0.05, 0.1) is 25.4 Å². The molecule has 1 aliphatic rings. The average Bonchev–Trinajstić information content (AvgIpc) is 3.21. The molecule has 7 atom stereocenters. The van der Waals surface area contributed by atoms with Crippen molar-refractivity contribution in [3.63, 3.8) is 0 Å². The molecule has 0 bridgehead atoms.